The maximum absolute atomic E-state index is 10.1. The molecule has 4 heteroatoms. The first-order valence-electron chi connectivity index (χ1n) is 2.47. The Hall–Kier alpha value is -1.19. The van der Waals surface area contributed by atoms with Crippen LogP contribution in [0.2, 0.25) is 0 Å². The van der Waals surface area contributed by atoms with Crippen LogP contribution < -0.4 is 11.1 Å². The van der Waals surface area contributed by atoms with E-state index in [1.165, 1.54) is 6.92 Å². The van der Waals surface area contributed by atoms with Crippen molar-refractivity contribution in [1.82, 2.24) is 5.32 Å². The van der Waals surface area contributed by atoms with Crippen LogP contribution >= 0.6 is 0 Å². The van der Waals surface area contributed by atoms with Crippen molar-refractivity contribution in [2.45, 2.75) is 13.0 Å². The SMILES string of the molecule is C=C(N)N[C@@H](C)C(=O)O. The van der Waals surface area contributed by atoms with Crippen LogP contribution in [0.25, 0.3) is 0 Å². The maximum atomic E-state index is 10.1. The molecule has 0 aliphatic carbocycles. The molecule has 1 atom stereocenters. The van der Waals surface area contributed by atoms with Gasteiger partial charge in [-0.25, -0.2) is 0 Å². The molecule has 0 radical (unpaired) electrons. The highest BCUT2D eigenvalue weighted by atomic mass is 16.4. The molecule has 0 unspecified atom stereocenters. The first kappa shape index (κ1) is 7.81. The third-order valence-corrected chi connectivity index (χ3v) is 0.772. The fraction of sp³-hybridized carbons (Fsp3) is 0.400. The van der Waals surface area contributed by atoms with E-state index in [2.05, 4.69) is 11.9 Å². The predicted molar refractivity (Wildman–Crippen MR) is 33.6 cm³/mol. The summed E-state index contributed by atoms with van der Waals surface area (Å²) in [6.45, 7) is 4.77. The molecule has 0 rings (SSSR count). The zero-order valence-corrected chi connectivity index (χ0v) is 5.22. The monoisotopic (exact) mass is 130 g/mol. The highest BCUT2D eigenvalue weighted by molar-refractivity contribution is 5.73. The van der Waals surface area contributed by atoms with Crippen molar-refractivity contribution in [2.75, 3.05) is 0 Å². The van der Waals surface area contributed by atoms with Gasteiger partial charge in [0.1, 0.15) is 6.04 Å². The van der Waals surface area contributed by atoms with Crippen LogP contribution in [-0.4, -0.2) is 17.1 Å². The van der Waals surface area contributed by atoms with Gasteiger partial charge in [0, 0.05) is 0 Å². The maximum Gasteiger partial charge on any atom is 0.325 e. The number of hydrogen-bond acceptors (Lipinski definition) is 3. The molecule has 52 valence electrons. The van der Waals surface area contributed by atoms with Crippen molar-refractivity contribution in [3.63, 3.8) is 0 Å². The second kappa shape index (κ2) is 2.96. The summed E-state index contributed by atoms with van der Waals surface area (Å²) in [6, 6.07) is -0.664. The quantitative estimate of drug-likeness (QED) is 0.480. The summed E-state index contributed by atoms with van der Waals surface area (Å²) < 4.78 is 0. The lowest BCUT2D eigenvalue weighted by Crippen LogP contribution is -2.35. The lowest BCUT2D eigenvalue weighted by Gasteiger charge is -2.07. The summed E-state index contributed by atoms with van der Waals surface area (Å²) in [7, 11) is 0. The third kappa shape index (κ3) is 3.40. The minimum atomic E-state index is -0.943. The van der Waals surface area contributed by atoms with Crippen molar-refractivity contribution in [3.05, 3.63) is 12.4 Å². The van der Waals surface area contributed by atoms with Crippen molar-refractivity contribution in [2.24, 2.45) is 5.73 Å². The van der Waals surface area contributed by atoms with E-state index in [0.29, 0.717) is 0 Å². The fourth-order valence-corrected chi connectivity index (χ4v) is 0.340. The minimum Gasteiger partial charge on any atom is -0.480 e. The lowest BCUT2D eigenvalue weighted by atomic mass is 10.3. The number of carbonyl (C=O) groups is 1. The topological polar surface area (TPSA) is 75.3 Å². The summed E-state index contributed by atoms with van der Waals surface area (Å²) in [6.07, 6.45) is 0. The Bertz CT molecular complexity index is 133. The number of aliphatic carboxylic acids is 1. The minimum absolute atomic E-state index is 0.171. The Morgan fingerprint density at radius 2 is 2.33 bits per heavy atom. The van der Waals surface area contributed by atoms with Crippen molar-refractivity contribution < 1.29 is 9.90 Å². The standard InChI is InChI=1S/C5H10N2O2/c1-3(5(8)9)7-4(2)6/h3,7H,2,6H2,1H3,(H,8,9)/t3-/m0/s1. The van der Waals surface area contributed by atoms with Gasteiger partial charge in [0.05, 0.1) is 5.82 Å². The number of nitrogens with two attached hydrogens (primary N) is 1. The van der Waals surface area contributed by atoms with E-state index in [1.807, 2.05) is 0 Å². The van der Waals surface area contributed by atoms with Crippen LogP contribution in [-0.2, 0) is 4.79 Å². The number of carboxylic acid groups (broad SMARTS) is 1. The molecule has 0 amide bonds. The van der Waals surface area contributed by atoms with Crippen LogP contribution in [0.3, 0.4) is 0 Å². The Morgan fingerprint density at radius 1 is 1.89 bits per heavy atom. The van der Waals surface area contributed by atoms with Crippen LogP contribution in [0.4, 0.5) is 0 Å². The van der Waals surface area contributed by atoms with Gasteiger partial charge >= 0.3 is 5.97 Å². The molecule has 0 saturated carbocycles. The molecule has 0 aliphatic heterocycles. The molecule has 0 bridgehead atoms. The summed E-state index contributed by atoms with van der Waals surface area (Å²) >= 11 is 0. The Morgan fingerprint density at radius 3 is 2.44 bits per heavy atom. The van der Waals surface area contributed by atoms with E-state index in [4.69, 9.17) is 10.8 Å². The van der Waals surface area contributed by atoms with Crippen molar-refractivity contribution >= 4 is 5.97 Å². The molecular weight excluding hydrogens is 120 g/mol. The molecule has 4 N–H and O–H groups in total. The van der Waals surface area contributed by atoms with E-state index < -0.39 is 12.0 Å². The third-order valence-electron chi connectivity index (χ3n) is 0.772. The summed E-state index contributed by atoms with van der Waals surface area (Å²) in [5.74, 6) is -0.772. The second-order valence-electron chi connectivity index (χ2n) is 1.73. The van der Waals surface area contributed by atoms with Gasteiger partial charge in [-0.1, -0.05) is 6.58 Å². The second-order valence-corrected chi connectivity index (χ2v) is 1.73. The average Bonchev–Trinajstić information content (AvgIpc) is 1.63. The molecule has 9 heavy (non-hydrogen) atoms. The smallest absolute Gasteiger partial charge is 0.325 e. The molecule has 0 aliphatic rings. The summed E-state index contributed by atoms with van der Waals surface area (Å²) in [4.78, 5) is 10.1. The number of rotatable bonds is 3. The van der Waals surface area contributed by atoms with Crippen LogP contribution in [0.1, 0.15) is 6.92 Å². The largest absolute Gasteiger partial charge is 0.480 e. The molecular formula is C5H10N2O2. The lowest BCUT2D eigenvalue weighted by molar-refractivity contribution is -0.138. The van der Waals surface area contributed by atoms with Crippen LogP contribution in [0.15, 0.2) is 12.4 Å². The van der Waals surface area contributed by atoms with E-state index in [9.17, 15) is 4.79 Å². The molecule has 0 saturated heterocycles. The molecule has 4 nitrogen and oxygen atoms in total. The van der Waals surface area contributed by atoms with E-state index in [-0.39, 0.29) is 5.82 Å². The van der Waals surface area contributed by atoms with E-state index >= 15 is 0 Å². The number of hydrogen-bond donors (Lipinski definition) is 3. The summed E-state index contributed by atoms with van der Waals surface area (Å²) in [5, 5.41) is 10.7. The van der Waals surface area contributed by atoms with Gasteiger partial charge < -0.3 is 16.2 Å². The van der Waals surface area contributed by atoms with Gasteiger partial charge in [-0.2, -0.15) is 0 Å². The molecule has 0 aromatic rings. The highest BCUT2D eigenvalue weighted by Gasteiger charge is 2.07. The van der Waals surface area contributed by atoms with Crippen molar-refractivity contribution in [1.29, 1.82) is 0 Å². The first-order valence-corrected chi connectivity index (χ1v) is 2.47. The molecule has 0 spiro atoms. The molecule has 0 heterocycles. The highest BCUT2D eigenvalue weighted by Crippen LogP contribution is 1.81. The van der Waals surface area contributed by atoms with Gasteiger partial charge in [0.25, 0.3) is 0 Å². The van der Waals surface area contributed by atoms with Gasteiger partial charge in [0.15, 0.2) is 0 Å². The Labute approximate surface area is 53.4 Å². The Balaban J connectivity index is 3.63. The first-order chi connectivity index (χ1) is 4.04. The average molecular weight is 130 g/mol. The van der Waals surface area contributed by atoms with E-state index in [0.717, 1.165) is 0 Å². The van der Waals surface area contributed by atoms with E-state index in [1.54, 1.807) is 0 Å². The van der Waals surface area contributed by atoms with Gasteiger partial charge in [-0.15, -0.1) is 0 Å². The summed E-state index contributed by atoms with van der Waals surface area (Å²) in [5.41, 5.74) is 5.06. The zero-order valence-electron chi connectivity index (χ0n) is 5.22. The van der Waals surface area contributed by atoms with Crippen molar-refractivity contribution in [3.8, 4) is 0 Å². The zero-order chi connectivity index (χ0) is 7.44. The predicted octanol–water partition coefficient (Wildman–Crippen LogP) is -0.521. The molecule has 0 fully saturated rings. The van der Waals surface area contributed by atoms with Gasteiger partial charge in [-0.05, 0) is 6.92 Å². The van der Waals surface area contributed by atoms with Gasteiger partial charge in [-0.3, -0.25) is 4.79 Å². The fourth-order valence-electron chi connectivity index (χ4n) is 0.340. The number of carboxylic acids is 1. The Kier molecular flexibility index (Phi) is 2.57. The molecule has 0 aromatic carbocycles. The normalized spacial score (nSPS) is 12.1. The van der Waals surface area contributed by atoms with Crippen LogP contribution in [0, 0.1) is 0 Å². The van der Waals surface area contributed by atoms with Crippen LogP contribution in [0.5, 0.6) is 0 Å². The number of nitrogens with one attached hydrogen (secondary N) is 1. The van der Waals surface area contributed by atoms with Gasteiger partial charge in [0.2, 0.25) is 0 Å². The molecule has 0 aromatic heterocycles.